The van der Waals surface area contributed by atoms with Crippen LogP contribution < -0.4 is 19.9 Å². The molecule has 0 radical (unpaired) electrons. The van der Waals surface area contributed by atoms with Crippen molar-refractivity contribution in [3.8, 4) is 17.2 Å². The first-order valence-corrected chi connectivity index (χ1v) is 5.84. The van der Waals surface area contributed by atoms with E-state index < -0.39 is 0 Å². The van der Waals surface area contributed by atoms with Crippen LogP contribution >= 0.6 is 0 Å². The summed E-state index contributed by atoms with van der Waals surface area (Å²) >= 11 is 0. The zero-order valence-corrected chi connectivity index (χ0v) is 11.5. The van der Waals surface area contributed by atoms with Crippen LogP contribution in [0.3, 0.4) is 0 Å². The number of hydrogen-bond donors (Lipinski definition) is 1. The Labute approximate surface area is 108 Å². The van der Waals surface area contributed by atoms with Gasteiger partial charge in [0.25, 0.3) is 0 Å². The highest BCUT2D eigenvalue weighted by molar-refractivity contribution is 5.51. The Bertz CT molecular complexity index is 369. The number of ether oxygens (including phenoxy) is 3. The fourth-order valence-corrected chi connectivity index (χ4v) is 1.59. The smallest absolute Gasteiger partial charge is 0.203 e. The molecule has 0 saturated heterocycles. The van der Waals surface area contributed by atoms with E-state index in [1.807, 2.05) is 37.2 Å². The molecule has 1 unspecified atom stereocenters. The van der Waals surface area contributed by atoms with Gasteiger partial charge in [-0.3, -0.25) is 0 Å². The molecule has 0 spiro atoms. The second kappa shape index (κ2) is 7.08. The van der Waals surface area contributed by atoms with E-state index in [1.165, 1.54) is 0 Å². The van der Waals surface area contributed by atoms with Crippen molar-refractivity contribution in [3.63, 3.8) is 0 Å². The number of benzene rings is 1. The Kier molecular flexibility index (Phi) is 5.74. The van der Waals surface area contributed by atoms with Gasteiger partial charge in [0.2, 0.25) is 5.75 Å². The third-order valence-electron chi connectivity index (χ3n) is 2.80. The van der Waals surface area contributed by atoms with Gasteiger partial charge >= 0.3 is 0 Å². The van der Waals surface area contributed by atoms with E-state index in [1.54, 1.807) is 14.2 Å². The Balaban J connectivity index is 2.78. The third kappa shape index (κ3) is 3.51. The van der Waals surface area contributed by atoms with Crippen LogP contribution in [0, 0.1) is 0 Å². The molecule has 0 aliphatic heterocycles. The van der Waals surface area contributed by atoms with Crippen LogP contribution in [0.2, 0.25) is 0 Å². The molecule has 0 heterocycles. The summed E-state index contributed by atoms with van der Waals surface area (Å²) in [5, 5.41) is 0. The molecular formula is C13H22N2O3. The minimum atomic E-state index is 0.168. The van der Waals surface area contributed by atoms with Crippen LogP contribution in [-0.2, 0) is 0 Å². The SMILES string of the molecule is COc1cccc(OCC(CN)N(C)C)c1OC. The summed E-state index contributed by atoms with van der Waals surface area (Å²) in [7, 11) is 7.15. The zero-order chi connectivity index (χ0) is 13.5. The average molecular weight is 254 g/mol. The van der Waals surface area contributed by atoms with E-state index in [0.717, 1.165) is 0 Å². The van der Waals surface area contributed by atoms with Crippen molar-refractivity contribution in [2.75, 3.05) is 41.5 Å². The molecule has 0 saturated carbocycles. The summed E-state index contributed by atoms with van der Waals surface area (Å²) in [6.45, 7) is 1.05. The van der Waals surface area contributed by atoms with Gasteiger partial charge < -0.3 is 24.8 Å². The predicted octanol–water partition coefficient (Wildman–Crippen LogP) is 0.971. The molecule has 18 heavy (non-hydrogen) atoms. The first-order valence-electron chi connectivity index (χ1n) is 5.84. The second-order valence-corrected chi connectivity index (χ2v) is 4.16. The van der Waals surface area contributed by atoms with E-state index in [-0.39, 0.29) is 6.04 Å². The van der Waals surface area contributed by atoms with Gasteiger partial charge in [-0.05, 0) is 26.2 Å². The number of hydrogen-bond acceptors (Lipinski definition) is 5. The van der Waals surface area contributed by atoms with Crippen molar-refractivity contribution in [1.29, 1.82) is 0 Å². The van der Waals surface area contributed by atoms with Crippen LogP contribution in [0.15, 0.2) is 18.2 Å². The minimum Gasteiger partial charge on any atom is -0.493 e. The maximum atomic E-state index is 5.76. The molecule has 5 heteroatoms. The van der Waals surface area contributed by atoms with Crippen molar-refractivity contribution in [3.05, 3.63) is 18.2 Å². The molecule has 102 valence electrons. The van der Waals surface area contributed by atoms with Gasteiger partial charge in [-0.1, -0.05) is 6.07 Å². The first kappa shape index (κ1) is 14.6. The molecule has 1 aromatic carbocycles. The van der Waals surface area contributed by atoms with Gasteiger partial charge in [0.15, 0.2) is 11.5 Å². The number of para-hydroxylation sites is 1. The molecule has 0 fully saturated rings. The van der Waals surface area contributed by atoms with Crippen LogP contribution in [0.25, 0.3) is 0 Å². The lowest BCUT2D eigenvalue weighted by Crippen LogP contribution is -2.39. The highest BCUT2D eigenvalue weighted by Crippen LogP contribution is 2.36. The van der Waals surface area contributed by atoms with E-state index in [9.17, 15) is 0 Å². The van der Waals surface area contributed by atoms with Gasteiger partial charge in [0.1, 0.15) is 6.61 Å². The van der Waals surface area contributed by atoms with Crippen LogP contribution in [0.4, 0.5) is 0 Å². The maximum Gasteiger partial charge on any atom is 0.203 e. The lowest BCUT2D eigenvalue weighted by atomic mass is 10.2. The maximum absolute atomic E-state index is 5.76. The van der Waals surface area contributed by atoms with Gasteiger partial charge in [0.05, 0.1) is 20.3 Å². The Hall–Kier alpha value is -1.46. The molecule has 0 amide bonds. The fourth-order valence-electron chi connectivity index (χ4n) is 1.59. The minimum absolute atomic E-state index is 0.168. The van der Waals surface area contributed by atoms with Crippen molar-refractivity contribution < 1.29 is 14.2 Å². The predicted molar refractivity (Wildman–Crippen MR) is 71.6 cm³/mol. The molecule has 0 aromatic heterocycles. The van der Waals surface area contributed by atoms with Crippen molar-refractivity contribution in [2.45, 2.75) is 6.04 Å². The van der Waals surface area contributed by atoms with Gasteiger partial charge in [-0.2, -0.15) is 0 Å². The zero-order valence-electron chi connectivity index (χ0n) is 11.5. The summed E-state index contributed by atoms with van der Waals surface area (Å²) in [6.07, 6.45) is 0. The lowest BCUT2D eigenvalue weighted by molar-refractivity contribution is 0.184. The Morgan fingerprint density at radius 2 is 1.83 bits per heavy atom. The highest BCUT2D eigenvalue weighted by Gasteiger charge is 2.14. The van der Waals surface area contributed by atoms with E-state index in [0.29, 0.717) is 30.4 Å². The molecule has 0 bridgehead atoms. The molecule has 0 aliphatic rings. The van der Waals surface area contributed by atoms with Gasteiger partial charge in [0, 0.05) is 6.54 Å². The highest BCUT2D eigenvalue weighted by atomic mass is 16.5. The third-order valence-corrected chi connectivity index (χ3v) is 2.80. The molecule has 1 aromatic rings. The van der Waals surface area contributed by atoms with E-state index in [2.05, 4.69) is 0 Å². The second-order valence-electron chi connectivity index (χ2n) is 4.16. The molecule has 1 rings (SSSR count). The first-order chi connectivity index (χ1) is 8.63. The monoisotopic (exact) mass is 254 g/mol. The number of likely N-dealkylation sites (N-methyl/N-ethyl adjacent to an activating group) is 1. The summed E-state index contributed by atoms with van der Waals surface area (Å²) in [4.78, 5) is 2.03. The van der Waals surface area contributed by atoms with E-state index >= 15 is 0 Å². The lowest BCUT2D eigenvalue weighted by Gasteiger charge is -2.23. The van der Waals surface area contributed by atoms with Gasteiger partial charge in [-0.25, -0.2) is 0 Å². The fraction of sp³-hybridized carbons (Fsp3) is 0.538. The average Bonchev–Trinajstić information content (AvgIpc) is 2.38. The standard InChI is InChI=1S/C13H22N2O3/c1-15(2)10(8-14)9-18-12-7-5-6-11(16-3)13(12)17-4/h5-7,10H,8-9,14H2,1-4H3. The quantitative estimate of drug-likeness (QED) is 0.786. The molecule has 2 N–H and O–H groups in total. The van der Waals surface area contributed by atoms with Crippen molar-refractivity contribution >= 4 is 0 Å². The summed E-state index contributed by atoms with van der Waals surface area (Å²) < 4.78 is 16.3. The molecule has 5 nitrogen and oxygen atoms in total. The summed E-state index contributed by atoms with van der Waals surface area (Å²) in [5.41, 5.74) is 5.69. The van der Waals surface area contributed by atoms with Crippen molar-refractivity contribution in [2.24, 2.45) is 5.73 Å². The molecular weight excluding hydrogens is 232 g/mol. The number of nitrogens with zero attached hydrogens (tertiary/aromatic N) is 1. The van der Waals surface area contributed by atoms with Gasteiger partial charge in [-0.15, -0.1) is 0 Å². The normalized spacial score (nSPS) is 12.3. The van der Waals surface area contributed by atoms with Crippen LogP contribution in [0.5, 0.6) is 17.2 Å². The Morgan fingerprint density at radius 1 is 1.17 bits per heavy atom. The largest absolute Gasteiger partial charge is 0.493 e. The topological polar surface area (TPSA) is 57.0 Å². The van der Waals surface area contributed by atoms with Crippen LogP contribution in [0.1, 0.15) is 0 Å². The summed E-state index contributed by atoms with van der Waals surface area (Å²) in [6, 6.07) is 5.72. The molecule has 1 atom stereocenters. The molecule has 0 aliphatic carbocycles. The number of rotatable bonds is 7. The summed E-state index contributed by atoms with van der Waals surface area (Å²) in [5.74, 6) is 1.93. The van der Waals surface area contributed by atoms with Crippen LogP contribution in [-0.4, -0.2) is 52.4 Å². The Morgan fingerprint density at radius 3 is 2.33 bits per heavy atom. The number of nitrogens with two attached hydrogens (primary N) is 1. The number of methoxy groups -OCH3 is 2. The van der Waals surface area contributed by atoms with E-state index in [4.69, 9.17) is 19.9 Å². The van der Waals surface area contributed by atoms with Crippen molar-refractivity contribution in [1.82, 2.24) is 4.90 Å².